The molecule has 0 aromatic carbocycles. The van der Waals surface area contributed by atoms with Crippen LogP contribution in [0, 0.1) is 0 Å². The maximum Gasteiger partial charge on any atom is 0.333 e. The first-order valence-corrected chi connectivity index (χ1v) is 26.0. The van der Waals surface area contributed by atoms with Crippen LogP contribution in [-0.2, 0) is 22.7 Å². The van der Waals surface area contributed by atoms with Crippen LogP contribution in [0.4, 0.5) is 28.8 Å². The van der Waals surface area contributed by atoms with E-state index in [4.69, 9.17) is 9.47 Å². The number of imidazole rings is 2. The van der Waals surface area contributed by atoms with Gasteiger partial charge < -0.3 is 41.4 Å². The standard InChI is InChI=1S/C16H24N4O3.C14H23N5O2.C14H22N4O3.C13H18N4O2/c1-4-7-17-15(21)18(6-3)11-13-23-14-12-20-10-9-19(8-5-2)16(20)22;1-5-9-16-13(20)19(8-4)12-15-11-17-14(21)18(7-3)10-6-2;1-5-9-15-13(19)18(8-4)12-21-11-16-14(20)17(7-3)10-6-2;1-4-7-15(6-3)12(18)14-11-17-10-9-16(8-5-2)13(17)19/h4-10H,3,11-14H2,1-2H3,(H,17,21);5-10,15H,3-4,11-12H2,1-2H3,(H,16,20)(H,17,21);5-10H,3-4,11-12H2,1-2H3,(H,15,19)(H,16,20);4-10H,3,11H2,1-2H3,(H,14,18)/b7-4+,8-5+;2*9-5+,10-6+;7-4+,8-5+. The minimum absolute atomic E-state index is 0.0368. The van der Waals surface area contributed by atoms with Gasteiger partial charge in [0.15, 0.2) is 0 Å². The highest BCUT2D eigenvalue weighted by Gasteiger charge is 2.13. The Morgan fingerprint density at radius 3 is 1.35 bits per heavy atom. The lowest BCUT2D eigenvalue weighted by molar-refractivity contribution is 0.0604. The fraction of sp³-hybridized carbons (Fsp3) is 0.298. The van der Waals surface area contributed by atoms with Crippen molar-refractivity contribution >= 4 is 48.6 Å². The van der Waals surface area contributed by atoms with Crippen molar-refractivity contribution in [3.8, 4) is 0 Å². The molecule has 460 valence electrons. The normalized spacial score (nSPS) is 10.8. The molecule has 27 heteroatoms. The Labute approximate surface area is 493 Å². The lowest BCUT2D eigenvalue weighted by Gasteiger charge is -2.19. The van der Waals surface area contributed by atoms with Crippen molar-refractivity contribution in [1.29, 1.82) is 0 Å². The van der Waals surface area contributed by atoms with E-state index >= 15 is 0 Å². The molecule has 2 aromatic rings. The Bertz CT molecular complexity index is 2650. The molecular formula is C57H87N17O10. The number of urea groups is 6. The van der Waals surface area contributed by atoms with Gasteiger partial charge in [0.05, 0.1) is 39.6 Å². The molecule has 7 N–H and O–H groups in total. The number of nitrogens with one attached hydrogen (secondary N) is 7. The maximum absolute atomic E-state index is 11.9. The largest absolute Gasteiger partial charge is 0.378 e. The number of aromatic nitrogens is 4. The summed E-state index contributed by atoms with van der Waals surface area (Å²) in [7, 11) is 0. The maximum atomic E-state index is 11.9. The molecular weight excluding hydrogens is 1080 g/mol. The summed E-state index contributed by atoms with van der Waals surface area (Å²) in [5.74, 6) is 0. The second kappa shape index (κ2) is 48.8. The lowest BCUT2D eigenvalue weighted by Crippen LogP contribution is -2.45. The van der Waals surface area contributed by atoms with Crippen LogP contribution in [-0.4, -0.2) is 130 Å². The Morgan fingerprint density at radius 2 is 0.905 bits per heavy atom. The molecule has 2 rings (SSSR count). The van der Waals surface area contributed by atoms with Gasteiger partial charge in [-0.25, -0.2) is 38.4 Å². The second-order valence-corrected chi connectivity index (χ2v) is 15.6. The number of amides is 12. The molecule has 0 atom stereocenters. The second-order valence-electron chi connectivity index (χ2n) is 15.6. The molecule has 0 aliphatic rings. The summed E-state index contributed by atoms with van der Waals surface area (Å²) in [6, 6.07) is -2.01. The third kappa shape index (κ3) is 32.2. The van der Waals surface area contributed by atoms with E-state index in [1.165, 1.54) is 92.7 Å². The summed E-state index contributed by atoms with van der Waals surface area (Å²) < 4.78 is 16.6. The minimum atomic E-state index is -0.383. The number of nitrogens with zero attached hydrogens (tertiary/aromatic N) is 10. The third-order valence-corrected chi connectivity index (χ3v) is 9.71. The predicted octanol–water partition coefficient (Wildman–Crippen LogP) is 7.80. The Hall–Kier alpha value is -10.1. The van der Waals surface area contributed by atoms with E-state index in [9.17, 15) is 38.4 Å². The molecule has 0 spiro atoms. The Morgan fingerprint density at radius 1 is 0.476 bits per heavy atom. The van der Waals surface area contributed by atoms with Gasteiger partial charge >= 0.3 is 47.6 Å². The molecule has 0 fully saturated rings. The van der Waals surface area contributed by atoms with Gasteiger partial charge in [0.25, 0.3) is 0 Å². The lowest BCUT2D eigenvalue weighted by atomic mass is 10.5. The predicted molar refractivity (Wildman–Crippen MR) is 331 cm³/mol. The molecule has 0 saturated carbocycles. The summed E-state index contributed by atoms with van der Waals surface area (Å²) in [6.07, 6.45) is 41.5. The first-order chi connectivity index (χ1) is 40.5. The van der Waals surface area contributed by atoms with Crippen molar-refractivity contribution in [3.05, 3.63) is 208 Å². The molecule has 0 saturated heterocycles. The van der Waals surface area contributed by atoms with Crippen LogP contribution in [0.3, 0.4) is 0 Å². The zero-order chi connectivity index (χ0) is 63.5. The van der Waals surface area contributed by atoms with Gasteiger partial charge in [-0.15, -0.1) is 0 Å². The van der Waals surface area contributed by atoms with E-state index in [-0.39, 0.29) is 81.0 Å². The van der Waals surface area contributed by atoms with Crippen molar-refractivity contribution in [1.82, 2.24) is 84.9 Å². The van der Waals surface area contributed by atoms with Crippen LogP contribution in [0.25, 0.3) is 12.4 Å². The van der Waals surface area contributed by atoms with Crippen molar-refractivity contribution in [2.24, 2.45) is 0 Å². The molecule has 84 heavy (non-hydrogen) atoms. The topological polar surface area (TPSA) is 278 Å². The first kappa shape index (κ1) is 75.9. The Kier molecular flexibility index (Phi) is 44.1. The van der Waals surface area contributed by atoms with Crippen molar-refractivity contribution < 1.29 is 38.2 Å². The van der Waals surface area contributed by atoms with Gasteiger partial charge in [-0.05, 0) is 55.4 Å². The van der Waals surface area contributed by atoms with Crippen LogP contribution in [0.1, 0.15) is 55.4 Å². The van der Waals surface area contributed by atoms with Gasteiger partial charge in [-0.1, -0.05) is 88.1 Å². The van der Waals surface area contributed by atoms with E-state index in [1.807, 2.05) is 20.8 Å². The quantitative estimate of drug-likeness (QED) is 0.0293. The van der Waals surface area contributed by atoms with E-state index in [2.05, 4.69) is 76.7 Å². The molecule has 27 nitrogen and oxygen atoms in total. The summed E-state index contributed by atoms with van der Waals surface area (Å²) >= 11 is 0. The number of hydrogen-bond donors (Lipinski definition) is 7. The van der Waals surface area contributed by atoms with Gasteiger partial charge in [0.2, 0.25) is 0 Å². The van der Waals surface area contributed by atoms with Crippen LogP contribution in [0.5, 0.6) is 0 Å². The fourth-order valence-electron chi connectivity index (χ4n) is 5.64. The number of carbonyl (C=O) groups is 6. The van der Waals surface area contributed by atoms with E-state index in [1.54, 1.807) is 150 Å². The summed E-state index contributed by atoms with van der Waals surface area (Å²) in [4.78, 5) is 102. The van der Waals surface area contributed by atoms with Crippen molar-refractivity contribution in [3.63, 3.8) is 0 Å². The zero-order valence-corrected chi connectivity index (χ0v) is 49.7. The molecule has 2 heterocycles. The fourth-order valence-corrected chi connectivity index (χ4v) is 5.64. The molecule has 0 unspecified atom stereocenters. The average Bonchev–Trinajstić information content (AvgIpc) is 4.26. The van der Waals surface area contributed by atoms with Gasteiger partial charge in [0.1, 0.15) is 20.1 Å². The highest BCUT2D eigenvalue weighted by Crippen LogP contribution is 1.98. The summed E-state index contributed by atoms with van der Waals surface area (Å²) in [5.41, 5.74) is -0.320. The third-order valence-electron chi connectivity index (χ3n) is 9.71. The molecule has 12 amide bonds. The molecule has 2 aromatic heterocycles. The van der Waals surface area contributed by atoms with Crippen LogP contribution in [0.2, 0.25) is 0 Å². The molecule has 0 radical (unpaired) electrons. The van der Waals surface area contributed by atoms with Crippen LogP contribution in [0.15, 0.2) is 197 Å². The van der Waals surface area contributed by atoms with Crippen LogP contribution < -0.4 is 48.6 Å². The monoisotopic (exact) mass is 1170 g/mol. The highest BCUT2D eigenvalue weighted by atomic mass is 16.5. The van der Waals surface area contributed by atoms with Crippen molar-refractivity contribution in [2.45, 2.75) is 68.6 Å². The molecule has 0 aliphatic carbocycles. The summed E-state index contributed by atoms with van der Waals surface area (Å²) in [6.45, 7) is 37.7. The SMILES string of the molecule is C=CN(/C=C/C)C(=O)NCNCN(C=C)C(=O)N/C=C/C.C=CN(/C=C/C)C(=O)NCOCN(C=C)C(=O)N/C=C/C.C=CN(/C=C/C)C(=O)NCn1ccn(/C=C/C)c1=O.C=CN(CCOCCn1ccn(/C=C/C)c1=O)C(=O)N/C=C/C. The molecule has 0 aliphatic heterocycles. The van der Waals surface area contributed by atoms with Crippen molar-refractivity contribution in [2.75, 3.05) is 46.6 Å². The van der Waals surface area contributed by atoms with Crippen LogP contribution >= 0.6 is 0 Å². The van der Waals surface area contributed by atoms with E-state index < -0.39 is 0 Å². The molecule has 0 bridgehead atoms. The van der Waals surface area contributed by atoms with E-state index in [0.717, 1.165) is 0 Å². The average molecular weight is 1170 g/mol. The number of carbonyl (C=O) groups excluding carboxylic acids is 6. The number of rotatable bonds is 30. The number of hydrogen-bond acceptors (Lipinski definition) is 11. The zero-order valence-electron chi connectivity index (χ0n) is 49.7. The van der Waals surface area contributed by atoms with E-state index in [0.29, 0.717) is 26.3 Å². The van der Waals surface area contributed by atoms with Gasteiger partial charge in [0, 0.05) is 112 Å². The number of allylic oxidation sites excluding steroid dienone is 8. The highest BCUT2D eigenvalue weighted by molar-refractivity contribution is 5.78. The first-order valence-electron chi connectivity index (χ1n) is 26.0. The van der Waals surface area contributed by atoms with Gasteiger partial charge in [-0.2, -0.15) is 0 Å². The minimum Gasteiger partial charge on any atom is -0.378 e. The smallest absolute Gasteiger partial charge is 0.333 e. The number of ether oxygens (including phenoxy) is 2. The Balaban J connectivity index is 0. The van der Waals surface area contributed by atoms with Gasteiger partial charge in [-0.3, -0.25) is 53.0 Å². The summed E-state index contributed by atoms with van der Waals surface area (Å²) in [5, 5.41) is 18.3.